The molecule has 2 aliphatic carbocycles. The summed E-state index contributed by atoms with van der Waals surface area (Å²) in [5, 5.41) is 9.20. The maximum atomic E-state index is 13.9. The van der Waals surface area contributed by atoms with Crippen molar-refractivity contribution in [3.05, 3.63) is 29.8 Å². The lowest BCUT2D eigenvalue weighted by Crippen LogP contribution is -2.18. The van der Waals surface area contributed by atoms with Gasteiger partial charge in [0.05, 0.1) is 5.41 Å². The van der Waals surface area contributed by atoms with Gasteiger partial charge in [-0.3, -0.25) is 0 Å². The van der Waals surface area contributed by atoms with Gasteiger partial charge in [0, 0.05) is 5.92 Å². The van der Waals surface area contributed by atoms with E-state index >= 15 is 0 Å². The van der Waals surface area contributed by atoms with Crippen molar-refractivity contribution >= 4 is 0 Å². The van der Waals surface area contributed by atoms with Gasteiger partial charge < -0.3 is 5.11 Å². The summed E-state index contributed by atoms with van der Waals surface area (Å²) in [4.78, 5) is 0. The van der Waals surface area contributed by atoms with Gasteiger partial charge in [0.2, 0.25) is 0 Å². The zero-order valence-electron chi connectivity index (χ0n) is 8.92. The van der Waals surface area contributed by atoms with E-state index in [1.54, 1.807) is 12.1 Å². The van der Waals surface area contributed by atoms with Crippen molar-refractivity contribution in [3.63, 3.8) is 0 Å². The molecule has 0 amide bonds. The van der Waals surface area contributed by atoms with Crippen molar-refractivity contribution < 1.29 is 13.9 Å². The molecule has 1 nitrogen and oxygen atoms in total. The molecule has 0 heterocycles. The maximum Gasteiger partial charge on any atom is 0.261 e. The van der Waals surface area contributed by atoms with Crippen LogP contribution in [0.25, 0.3) is 0 Å². The average molecular weight is 224 g/mol. The first kappa shape index (κ1) is 10.1. The summed E-state index contributed by atoms with van der Waals surface area (Å²) in [5.41, 5.74) is -0.223. The third-order valence-corrected chi connectivity index (χ3v) is 4.24. The molecule has 2 atom stereocenters. The summed E-state index contributed by atoms with van der Waals surface area (Å²) in [7, 11) is 0. The van der Waals surface area contributed by atoms with Crippen molar-refractivity contribution in [2.45, 2.75) is 37.0 Å². The van der Waals surface area contributed by atoms with Gasteiger partial charge in [-0.25, -0.2) is 8.78 Å². The molecule has 2 fully saturated rings. The lowest BCUT2D eigenvalue weighted by atomic mass is 9.82. The smallest absolute Gasteiger partial charge is 0.261 e. The normalized spacial score (nSPS) is 35.5. The lowest BCUT2D eigenvalue weighted by Gasteiger charge is -2.20. The van der Waals surface area contributed by atoms with Crippen LogP contribution in [0.2, 0.25) is 0 Å². The van der Waals surface area contributed by atoms with Gasteiger partial charge in [0.25, 0.3) is 5.92 Å². The largest absolute Gasteiger partial charge is 0.508 e. The van der Waals surface area contributed by atoms with Gasteiger partial charge in [-0.05, 0) is 30.5 Å². The minimum absolute atomic E-state index is 0.136. The van der Waals surface area contributed by atoms with Crippen LogP contribution in [0.4, 0.5) is 8.78 Å². The molecule has 2 aliphatic rings. The molecular formula is C13H14F2O. The molecule has 0 aromatic heterocycles. The molecule has 1 aromatic rings. The molecule has 0 saturated heterocycles. The topological polar surface area (TPSA) is 20.2 Å². The highest BCUT2D eigenvalue weighted by atomic mass is 19.3. The van der Waals surface area contributed by atoms with E-state index in [1.807, 2.05) is 0 Å². The molecule has 0 radical (unpaired) electrons. The zero-order chi connectivity index (χ0) is 11.4. The molecule has 0 bridgehead atoms. The van der Waals surface area contributed by atoms with Crippen LogP contribution in [0.15, 0.2) is 24.3 Å². The lowest BCUT2D eigenvalue weighted by molar-refractivity contribution is 0.0765. The van der Waals surface area contributed by atoms with E-state index in [2.05, 4.69) is 0 Å². The molecule has 1 aromatic carbocycles. The number of aromatic hydroxyl groups is 1. The Hall–Kier alpha value is -1.12. The second-order valence-electron chi connectivity index (χ2n) is 4.94. The van der Waals surface area contributed by atoms with Crippen LogP contribution in [0.3, 0.4) is 0 Å². The first-order valence-corrected chi connectivity index (χ1v) is 5.76. The van der Waals surface area contributed by atoms with Gasteiger partial charge in [-0.1, -0.05) is 25.0 Å². The number of rotatable bonds is 1. The molecule has 16 heavy (non-hydrogen) atoms. The summed E-state index contributed by atoms with van der Waals surface area (Å²) in [5.74, 6) is -2.88. The predicted molar refractivity (Wildman–Crippen MR) is 56.7 cm³/mol. The first-order valence-electron chi connectivity index (χ1n) is 5.76. The number of benzene rings is 1. The van der Waals surface area contributed by atoms with E-state index in [-0.39, 0.29) is 5.75 Å². The summed E-state index contributed by atoms with van der Waals surface area (Å²) in [6, 6.07) is 6.30. The van der Waals surface area contributed by atoms with Crippen LogP contribution in [0.5, 0.6) is 5.75 Å². The summed E-state index contributed by atoms with van der Waals surface area (Å²) in [6.45, 7) is 0. The predicted octanol–water partition coefficient (Wildman–Crippen LogP) is 3.47. The Morgan fingerprint density at radius 1 is 1.12 bits per heavy atom. The molecule has 0 spiro atoms. The van der Waals surface area contributed by atoms with Crippen LogP contribution < -0.4 is 0 Å². The molecule has 2 saturated carbocycles. The molecule has 3 rings (SSSR count). The van der Waals surface area contributed by atoms with E-state index in [9.17, 15) is 13.9 Å². The fourth-order valence-corrected chi connectivity index (χ4v) is 3.35. The number of hydrogen-bond acceptors (Lipinski definition) is 1. The molecular weight excluding hydrogens is 210 g/mol. The summed E-state index contributed by atoms with van der Waals surface area (Å²) in [6.07, 6.45) is 3.01. The minimum atomic E-state index is -2.54. The van der Waals surface area contributed by atoms with Crippen molar-refractivity contribution in [1.82, 2.24) is 0 Å². The number of hydrogen-bond donors (Lipinski definition) is 1. The quantitative estimate of drug-likeness (QED) is 0.774. The number of alkyl halides is 2. The van der Waals surface area contributed by atoms with Crippen LogP contribution in [-0.2, 0) is 5.41 Å². The Labute approximate surface area is 93.1 Å². The van der Waals surface area contributed by atoms with Crippen molar-refractivity contribution in [2.75, 3.05) is 0 Å². The summed E-state index contributed by atoms with van der Waals surface area (Å²) < 4.78 is 27.8. The van der Waals surface area contributed by atoms with E-state index in [0.29, 0.717) is 18.4 Å². The van der Waals surface area contributed by atoms with E-state index in [4.69, 9.17) is 0 Å². The maximum absolute atomic E-state index is 13.9. The number of phenolic OH excluding ortho intramolecular Hbond substituents is 1. The van der Waals surface area contributed by atoms with E-state index in [0.717, 1.165) is 12.8 Å². The first-order chi connectivity index (χ1) is 7.59. The Morgan fingerprint density at radius 3 is 2.44 bits per heavy atom. The van der Waals surface area contributed by atoms with E-state index < -0.39 is 17.3 Å². The van der Waals surface area contributed by atoms with Gasteiger partial charge >= 0.3 is 0 Å². The molecule has 3 heteroatoms. The second kappa shape index (κ2) is 2.96. The van der Waals surface area contributed by atoms with Crippen LogP contribution >= 0.6 is 0 Å². The molecule has 0 aliphatic heterocycles. The molecule has 1 N–H and O–H groups in total. The van der Waals surface area contributed by atoms with Gasteiger partial charge in [-0.15, -0.1) is 0 Å². The Kier molecular flexibility index (Phi) is 1.86. The SMILES string of the molecule is Oc1ccc(C23CCCCC2C3(F)F)cc1. The van der Waals surface area contributed by atoms with E-state index in [1.165, 1.54) is 12.1 Å². The second-order valence-corrected chi connectivity index (χ2v) is 4.94. The van der Waals surface area contributed by atoms with Crippen molar-refractivity contribution in [2.24, 2.45) is 5.92 Å². The highest BCUT2D eigenvalue weighted by molar-refractivity contribution is 5.43. The number of fused-ring (bicyclic) bond motifs is 1. The highest BCUT2D eigenvalue weighted by Gasteiger charge is 2.80. The minimum Gasteiger partial charge on any atom is -0.508 e. The highest BCUT2D eigenvalue weighted by Crippen LogP contribution is 2.72. The molecule has 86 valence electrons. The third-order valence-electron chi connectivity index (χ3n) is 4.24. The third kappa shape index (κ3) is 1.04. The van der Waals surface area contributed by atoms with Crippen molar-refractivity contribution in [1.29, 1.82) is 0 Å². The Balaban J connectivity index is 2.02. The standard InChI is InChI=1S/C13H14F2O/c14-13(15)11-3-1-2-8-12(11,13)9-4-6-10(16)7-5-9/h4-7,11,16H,1-3,8H2. The summed E-state index contributed by atoms with van der Waals surface area (Å²) >= 11 is 0. The van der Waals surface area contributed by atoms with Gasteiger partial charge in [0.1, 0.15) is 5.75 Å². The van der Waals surface area contributed by atoms with Gasteiger partial charge in [0.15, 0.2) is 0 Å². The Morgan fingerprint density at radius 2 is 1.81 bits per heavy atom. The van der Waals surface area contributed by atoms with Crippen LogP contribution in [0, 0.1) is 5.92 Å². The monoisotopic (exact) mass is 224 g/mol. The fourth-order valence-electron chi connectivity index (χ4n) is 3.35. The average Bonchev–Trinajstić information content (AvgIpc) is 2.79. The van der Waals surface area contributed by atoms with Crippen molar-refractivity contribution in [3.8, 4) is 5.75 Å². The molecule has 2 unspecified atom stereocenters. The zero-order valence-corrected chi connectivity index (χ0v) is 8.92. The van der Waals surface area contributed by atoms with Crippen LogP contribution in [0.1, 0.15) is 31.2 Å². The Bertz CT molecular complexity index is 412. The van der Waals surface area contributed by atoms with Crippen LogP contribution in [-0.4, -0.2) is 11.0 Å². The fraction of sp³-hybridized carbons (Fsp3) is 0.538. The van der Waals surface area contributed by atoms with Gasteiger partial charge in [-0.2, -0.15) is 0 Å². The number of phenols is 1. The number of halogens is 2.